The molecule has 1 heterocycles. The van der Waals surface area contributed by atoms with Gasteiger partial charge in [-0.05, 0) is 75.9 Å². The van der Waals surface area contributed by atoms with Gasteiger partial charge in [-0.15, -0.1) is 0 Å². The van der Waals surface area contributed by atoms with Crippen LogP contribution in [-0.2, 0) is 17.3 Å². The van der Waals surface area contributed by atoms with Gasteiger partial charge in [-0.1, -0.05) is 102 Å². The van der Waals surface area contributed by atoms with Gasteiger partial charge < -0.3 is 9.32 Å². The smallest absolute Gasteiger partial charge is 0.136 e. The fourth-order valence-electron chi connectivity index (χ4n) is 4.84. The first-order valence-corrected chi connectivity index (χ1v) is 13.1. The Morgan fingerprint density at radius 3 is 1.86 bits per heavy atom. The molecule has 4 aromatic carbocycles. The van der Waals surface area contributed by atoms with Gasteiger partial charge in [0.1, 0.15) is 11.8 Å². The van der Waals surface area contributed by atoms with Gasteiger partial charge in [-0.2, -0.15) is 0 Å². The molecule has 37 heavy (non-hydrogen) atoms. The standard InChI is InChI=1S/C35H37NO/c1-34(2,3)27-16-14-25(15-17-27)22-26-10-9-11-30(23-26)36(29-20-18-28(19-21-29)35(4,5)6)32-24-37-33-13-8-7-12-31(32)33/h7-21,23-24H,22H2,1-6H3. The Balaban J connectivity index is 1.54. The molecule has 0 amide bonds. The van der Waals surface area contributed by atoms with Gasteiger partial charge in [0.15, 0.2) is 0 Å². The summed E-state index contributed by atoms with van der Waals surface area (Å²) in [5.74, 6) is 0. The average Bonchev–Trinajstić information content (AvgIpc) is 3.28. The van der Waals surface area contributed by atoms with Crippen molar-refractivity contribution in [3.05, 3.63) is 126 Å². The van der Waals surface area contributed by atoms with Crippen LogP contribution in [0.3, 0.4) is 0 Å². The summed E-state index contributed by atoms with van der Waals surface area (Å²) in [6.07, 6.45) is 2.77. The van der Waals surface area contributed by atoms with Crippen molar-refractivity contribution in [1.82, 2.24) is 0 Å². The number of rotatable bonds is 5. The maximum Gasteiger partial charge on any atom is 0.136 e. The minimum Gasteiger partial charge on any atom is -0.462 e. The van der Waals surface area contributed by atoms with E-state index in [-0.39, 0.29) is 10.8 Å². The van der Waals surface area contributed by atoms with Crippen molar-refractivity contribution in [2.75, 3.05) is 4.90 Å². The van der Waals surface area contributed by atoms with E-state index in [0.717, 1.165) is 34.5 Å². The maximum absolute atomic E-state index is 5.97. The van der Waals surface area contributed by atoms with Crippen LogP contribution in [0.2, 0.25) is 0 Å². The number of nitrogens with zero attached hydrogens (tertiary/aromatic N) is 1. The van der Waals surface area contributed by atoms with E-state index in [1.165, 1.54) is 22.3 Å². The summed E-state index contributed by atoms with van der Waals surface area (Å²) in [5, 5.41) is 1.10. The van der Waals surface area contributed by atoms with E-state index in [1.807, 2.05) is 18.4 Å². The van der Waals surface area contributed by atoms with Crippen molar-refractivity contribution >= 4 is 28.0 Å². The molecule has 0 saturated carbocycles. The molecule has 0 spiro atoms. The predicted molar refractivity (Wildman–Crippen MR) is 158 cm³/mol. The average molecular weight is 488 g/mol. The van der Waals surface area contributed by atoms with Crippen LogP contribution in [0, 0.1) is 0 Å². The molecular weight excluding hydrogens is 450 g/mol. The van der Waals surface area contributed by atoms with Crippen molar-refractivity contribution in [3.63, 3.8) is 0 Å². The number of hydrogen-bond acceptors (Lipinski definition) is 2. The summed E-state index contributed by atoms with van der Waals surface area (Å²) in [6, 6.07) is 35.1. The lowest BCUT2D eigenvalue weighted by Gasteiger charge is -2.26. The number of benzene rings is 4. The molecule has 0 saturated heterocycles. The van der Waals surface area contributed by atoms with Gasteiger partial charge in [-0.3, -0.25) is 0 Å². The van der Waals surface area contributed by atoms with Gasteiger partial charge in [0, 0.05) is 16.8 Å². The van der Waals surface area contributed by atoms with Crippen molar-refractivity contribution in [2.24, 2.45) is 0 Å². The van der Waals surface area contributed by atoms with Gasteiger partial charge >= 0.3 is 0 Å². The van der Waals surface area contributed by atoms with Crippen molar-refractivity contribution in [2.45, 2.75) is 58.8 Å². The minimum atomic E-state index is 0.105. The Hall–Kier alpha value is -3.78. The molecule has 0 atom stereocenters. The SMILES string of the molecule is CC(C)(C)c1ccc(Cc2cccc(N(c3ccc(C(C)(C)C)cc3)c3coc4ccccc34)c2)cc1. The van der Waals surface area contributed by atoms with E-state index < -0.39 is 0 Å². The highest BCUT2D eigenvalue weighted by atomic mass is 16.3. The van der Waals surface area contributed by atoms with Crippen LogP contribution in [0.1, 0.15) is 63.8 Å². The molecule has 0 fully saturated rings. The quantitative estimate of drug-likeness (QED) is 0.245. The van der Waals surface area contributed by atoms with Crippen LogP contribution in [0.4, 0.5) is 17.1 Å². The first-order chi connectivity index (χ1) is 17.6. The molecule has 0 unspecified atom stereocenters. The number of anilines is 3. The first kappa shape index (κ1) is 24.9. The van der Waals surface area contributed by atoms with E-state index in [9.17, 15) is 0 Å². The van der Waals surface area contributed by atoms with Gasteiger partial charge in [-0.25, -0.2) is 0 Å². The lowest BCUT2D eigenvalue weighted by atomic mass is 9.86. The van der Waals surface area contributed by atoms with Crippen LogP contribution in [-0.4, -0.2) is 0 Å². The first-order valence-electron chi connectivity index (χ1n) is 13.1. The zero-order valence-electron chi connectivity index (χ0n) is 22.9. The Kier molecular flexibility index (Phi) is 6.45. The largest absolute Gasteiger partial charge is 0.462 e. The van der Waals surface area contributed by atoms with Gasteiger partial charge in [0.05, 0.1) is 5.69 Å². The molecule has 5 rings (SSSR count). The van der Waals surface area contributed by atoms with Gasteiger partial charge in [0.25, 0.3) is 0 Å². The minimum absolute atomic E-state index is 0.105. The van der Waals surface area contributed by atoms with Gasteiger partial charge in [0.2, 0.25) is 0 Å². The summed E-state index contributed by atoms with van der Waals surface area (Å²) in [6.45, 7) is 13.5. The van der Waals surface area contributed by atoms with Crippen LogP contribution in [0.5, 0.6) is 0 Å². The zero-order chi connectivity index (χ0) is 26.2. The topological polar surface area (TPSA) is 16.4 Å². The number of furan rings is 1. The zero-order valence-corrected chi connectivity index (χ0v) is 22.9. The summed E-state index contributed by atoms with van der Waals surface area (Å²) in [5.41, 5.74) is 9.73. The van der Waals surface area contributed by atoms with E-state index >= 15 is 0 Å². The van der Waals surface area contributed by atoms with Crippen LogP contribution < -0.4 is 4.90 Å². The van der Waals surface area contributed by atoms with Crippen molar-refractivity contribution in [3.8, 4) is 0 Å². The summed E-state index contributed by atoms with van der Waals surface area (Å²) < 4.78 is 5.97. The summed E-state index contributed by atoms with van der Waals surface area (Å²) in [7, 11) is 0. The predicted octanol–water partition coefficient (Wildman–Crippen LogP) is 10.1. The maximum atomic E-state index is 5.97. The molecular formula is C35H37NO. The number of hydrogen-bond donors (Lipinski definition) is 0. The molecule has 0 bridgehead atoms. The number of fused-ring (bicyclic) bond motifs is 1. The number of para-hydroxylation sites is 1. The van der Waals surface area contributed by atoms with Crippen LogP contribution in [0.25, 0.3) is 11.0 Å². The molecule has 0 aliphatic heterocycles. The second-order valence-electron chi connectivity index (χ2n) is 12.0. The Morgan fingerprint density at radius 2 is 1.22 bits per heavy atom. The van der Waals surface area contributed by atoms with Crippen LogP contribution in [0.15, 0.2) is 108 Å². The molecule has 0 aliphatic carbocycles. The highest BCUT2D eigenvalue weighted by Gasteiger charge is 2.20. The normalized spacial score (nSPS) is 12.2. The Bertz CT molecular complexity index is 1490. The lowest BCUT2D eigenvalue weighted by molar-refractivity contribution is 0.590. The Morgan fingerprint density at radius 1 is 0.595 bits per heavy atom. The fourth-order valence-corrected chi connectivity index (χ4v) is 4.84. The van der Waals surface area contributed by atoms with E-state index in [0.29, 0.717) is 0 Å². The van der Waals surface area contributed by atoms with E-state index in [1.54, 1.807) is 0 Å². The lowest BCUT2D eigenvalue weighted by Crippen LogP contribution is -2.13. The highest BCUT2D eigenvalue weighted by Crippen LogP contribution is 2.41. The second kappa shape index (κ2) is 9.59. The monoisotopic (exact) mass is 487 g/mol. The highest BCUT2D eigenvalue weighted by molar-refractivity contribution is 5.96. The van der Waals surface area contributed by atoms with Crippen molar-refractivity contribution in [1.29, 1.82) is 0 Å². The molecule has 0 radical (unpaired) electrons. The van der Waals surface area contributed by atoms with Crippen LogP contribution >= 0.6 is 0 Å². The molecule has 188 valence electrons. The molecule has 2 heteroatoms. The fraction of sp³-hybridized carbons (Fsp3) is 0.257. The summed E-state index contributed by atoms with van der Waals surface area (Å²) in [4.78, 5) is 2.31. The third-order valence-corrected chi connectivity index (χ3v) is 7.09. The van der Waals surface area contributed by atoms with E-state index in [4.69, 9.17) is 4.42 Å². The second-order valence-corrected chi connectivity index (χ2v) is 12.0. The summed E-state index contributed by atoms with van der Waals surface area (Å²) >= 11 is 0. The van der Waals surface area contributed by atoms with Crippen molar-refractivity contribution < 1.29 is 4.42 Å². The Labute approximate surface area is 221 Å². The molecule has 5 aromatic rings. The van der Waals surface area contributed by atoms with E-state index in [2.05, 4.69) is 131 Å². The third-order valence-electron chi connectivity index (χ3n) is 7.09. The molecule has 2 nitrogen and oxygen atoms in total. The molecule has 0 aliphatic rings. The molecule has 1 aromatic heterocycles. The molecule has 0 N–H and O–H groups in total. The third kappa shape index (κ3) is 5.34.